The van der Waals surface area contributed by atoms with Crippen molar-refractivity contribution < 1.29 is 28.5 Å². The number of hydrogen-bond donors (Lipinski definition) is 0. The maximum atomic E-state index is 12.9. The summed E-state index contributed by atoms with van der Waals surface area (Å²) < 4.78 is 21.6. The molecule has 0 saturated heterocycles. The number of Topliss-reactive ketones (excluding diaryl/α,β-unsaturated/α-hetero) is 1. The lowest BCUT2D eigenvalue weighted by atomic mass is 10.2. The summed E-state index contributed by atoms with van der Waals surface area (Å²) in [6.45, 7) is 1.22. The molecule has 0 radical (unpaired) electrons. The average Bonchev–Trinajstić information content (AvgIpc) is 2.77. The number of para-hydroxylation sites is 1. The fraction of sp³-hybridized carbons (Fsp3) is 0.300. The van der Waals surface area contributed by atoms with Crippen LogP contribution >= 0.6 is 11.8 Å². The van der Waals surface area contributed by atoms with Crippen molar-refractivity contribution in [1.82, 2.24) is 0 Å². The average molecular weight is 436 g/mol. The van der Waals surface area contributed by atoms with E-state index in [0.29, 0.717) is 28.7 Å². The Balaban J connectivity index is 2.36. The van der Waals surface area contributed by atoms with Crippen LogP contribution in [0.1, 0.15) is 6.92 Å². The Bertz CT molecular complexity index is 928. The Kier molecular flexibility index (Phi) is 7.99. The number of carbonyl (C=O) groups is 2. The summed E-state index contributed by atoms with van der Waals surface area (Å²) in [4.78, 5) is 25.0. The number of benzene rings is 2. The first-order chi connectivity index (χ1) is 14.4. The van der Waals surface area contributed by atoms with Crippen molar-refractivity contribution in [2.24, 2.45) is 10.2 Å². The maximum absolute atomic E-state index is 12.9. The SMILES string of the molecule is COc1cc(OC)cc(N(Cl)C(=O)C(N=Nc2cccc(OC)c2OC)C(C)=O)c1. The molecule has 2 aromatic carbocycles. The van der Waals surface area contributed by atoms with E-state index in [1.54, 1.807) is 24.3 Å². The van der Waals surface area contributed by atoms with E-state index >= 15 is 0 Å². The first kappa shape index (κ1) is 23.0. The van der Waals surface area contributed by atoms with Gasteiger partial charge in [0.25, 0.3) is 5.91 Å². The van der Waals surface area contributed by atoms with Crippen LogP contribution in [0.15, 0.2) is 46.6 Å². The Morgan fingerprint density at radius 2 is 1.60 bits per heavy atom. The first-order valence-electron chi connectivity index (χ1n) is 8.71. The van der Waals surface area contributed by atoms with Gasteiger partial charge < -0.3 is 18.9 Å². The Morgan fingerprint density at radius 3 is 2.10 bits per heavy atom. The summed E-state index contributed by atoms with van der Waals surface area (Å²) in [5.41, 5.74) is 0.540. The lowest BCUT2D eigenvalue weighted by molar-refractivity contribution is -0.126. The van der Waals surface area contributed by atoms with Crippen molar-refractivity contribution >= 4 is 34.8 Å². The monoisotopic (exact) mass is 435 g/mol. The molecule has 1 amide bonds. The molecule has 0 aliphatic heterocycles. The lowest BCUT2D eigenvalue weighted by Gasteiger charge is -2.18. The maximum Gasteiger partial charge on any atom is 0.276 e. The van der Waals surface area contributed by atoms with E-state index in [9.17, 15) is 9.59 Å². The fourth-order valence-corrected chi connectivity index (χ4v) is 2.70. The van der Waals surface area contributed by atoms with Gasteiger partial charge in [0, 0.05) is 30.0 Å². The van der Waals surface area contributed by atoms with E-state index in [0.717, 1.165) is 4.42 Å². The van der Waals surface area contributed by atoms with Crippen molar-refractivity contribution in [1.29, 1.82) is 0 Å². The summed E-state index contributed by atoms with van der Waals surface area (Å²) in [5, 5.41) is 7.93. The number of ether oxygens (including phenoxy) is 4. The van der Waals surface area contributed by atoms with Crippen molar-refractivity contribution in [2.75, 3.05) is 32.9 Å². The highest BCUT2D eigenvalue weighted by Crippen LogP contribution is 2.37. The van der Waals surface area contributed by atoms with Crippen LogP contribution in [0.3, 0.4) is 0 Å². The molecule has 2 aromatic rings. The molecule has 0 heterocycles. The van der Waals surface area contributed by atoms with Crippen LogP contribution in [0.25, 0.3) is 0 Å². The van der Waals surface area contributed by atoms with Gasteiger partial charge in [-0.25, -0.2) is 4.42 Å². The second-order valence-electron chi connectivity index (χ2n) is 5.93. The highest BCUT2D eigenvalue weighted by molar-refractivity contribution is 6.39. The van der Waals surface area contributed by atoms with Gasteiger partial charge in [0.15, 0.2) is 17.3 Å². The number of azo groups is 1. The van der Waals surface area contributed by atoms with Gasteiger partial charge in [-0.1, -0.05) is 6.07 Å². The van der Waals surface area contributed by atoms with Crippen LogP contribution < -0.4 is 23.4 Å². The molecule has 0 aromatic heterocycles. The van der Waals surface area contributed by atoms with Gasteiger partial charge >= 0.3 is 0 Å². The molecule has 1 atom stereocenters. The molecule has 0 N–H and O–H groups in total. The largest absolute Gasteiger partial charge is 0.497 e. The summed E-state index contributed by atoms with van der Waals surface area (Å²) in [6, 6.07) is 8.17. The van der Waals surface area contributed by atoms with E-state index in [1.165, 1.54) is 47.5 Å². The minimum absolute atomic E-state index is 0.248. The van der Waals surface area contributed by atoms with E-state index < -0.39 is 17.7 Å². The second kappa shape index (κ2) is 10.4. The molecule has 9 nitrogen and oxygen atoms in total. The van der Waals surface area contributed by atoms with Gasteiger partial charge in [-0.2, -0.15) is 10.2 Å². The number of amides is 1. The molecule has 0 bridgehead atoms. The molecule has 0 spiro atoms. The predicted octanol–water partition coefficient (Wildman–Crippen LogP) is 3.95. The summed E-state index contributed by atoms with van der Waals surface area (Å²) in [6.07, 6.45) is 0. The van der Waals surface area contributed by atoms with E-state index in [4.69, 9.17) is 30.7 Å². The quantitative estimate of drug-likeness (QED) is 0.336. The van der Waals surface area contributed by atoms with Gasteiger partial charge in [-0.15, -0.1) is 0 Å². The number of ketones is 1. The molecule has 0 fully saturated rings. The summed E-state index contributed by atoms with van der Waals surface area (Å²) in [5.74, 6) is 0.270. The standard InChI is InChI=1S/C20H22ClN3O6/c1-12(25)18(23-22-16-7-6-8-17(29-4)19(16)30-5)20(26)24(21)13-9-14(27-2)11-15(10-13)28-3/h6-11,18H,1-5H3. The Morgan fingerprint density at radius 1 is 0.967 bits per heavy atom. The third-order valence-electron chi connectivity index (χ3n) is 4.04. The molecule has 2 rings (SSSR count). The summed E-state index contributed by atoms with van der Waals surface area (Å²) in [7, 11) is 5.86. The Labute approximate surface area is 179 Å². The second-order valence-corrected chi connectivity index (χ2v) is 6.27. The third-order valence-corrected chi connectivity index (χ3v) is 4.40. The normalized spacial score (nSPS) is 11.7. The zero-order valence-corrected chi connectivity index (χ0v) is 18.0. The molecule has 160 valence electrons. The predicted molar refractivity (Wildman–Crippen MR) is 111 cm³/mol. The number of carbonyl (C=O) groups excluding carboxylic acids is 2. The minimum Gasteiger partial charge on any atom is -0.497 e. The number of hydrogen-bond acceptors (Lipinski definition) is 8. The first-order valence-corrected chi connectivity index (χ1v) is 9.05. The zero-order valence-electron chi connectivity index (χ0n) is 17.2. The fourth-order valence-electron chi connectivity index (χ4n) is 2.51. The number of nitrogens with zero attached hydrogens (tertiary/aromatic N) is 3. The number of methoxy groups -OCH3 is 4. The molecule has 0 aliphatic rings. The zero-order chi connectivity index (χ0) is 22.3. The number of anilines is 1. The molecule has 0 aliphatic carbocycles. The number of halogens is 1. The highest BCUT2D eigenvalue weighted by atomic mass is 35.5. The van der Waals surface area contributed by atoms with E-state index in [2.05, 4.69) is 10.2 Å². The van der Waals surface area contributed by atoms with Crippen LogP contribution in [-0.2, 0) is 9.59 Å². The van der Waals surface area contributed by atoms with Crippen LogP contribution in [-0.4, -0.2) is 46.2 Å². The summed E-state index contributed by atoms with van der Waals surface area (Å²) >= 11 is 6.22. The molecule has 0 saturated carbocycles. The van der Waals surface area contributed by atoms with Gasteiger partial charge in [0.05, 0.1) is 34.1 Å². The molecular weight excluding hydrogens is 414 g/mol. The Hall–Kier alpha value is -3.33. The van der Waals surface area contributed by atoms with Crippen LogP contribution in [0.5, 0.6) is 23.0 Å². The topological polar surface area (TPSA) is 99.0 Å². The van der Waals surface area contributed by atoms with Crippen LogP contribution in [0.4, 0.5) is 11.4 Å². The number of rotatable bonds is 9. The van der Waals surface area contributed by atoms with Crippen molar-refractivity contribution in [2.45, 2.75) is 13.0 Å². The van der Waals surface area contributed by atoms with Gasteiger partial charge in [0.2, 0.25) is 6.04 Å². The van der Waals surface area contributed by atoms with Crippen molar-refractivity contribution in [3.63, 3.8) is 0 Å². The van der Waals surface area contributed by atoms with E-state index in [1.807, 2.05) is 0 Å². The third kappa shape index (κ3) is 5.18. The molecule has 10 heteroatoms. The molecule has 1 unspecified atom stereocenters. The highest BCUT2D eigenvalue weighted by Gasteiger charge is 2.29. The van der Waals surface area contributed by atoms with Gasteiger partial charge in [-0.05, 0) is 19.1 Å². The van der Waals surface area contributed by atoms with Gasteiger partial charge in [0.1, 0.15) is 17.2 Å². The smallest absolute Gasteiger partial charge is 0.276 e. The van der Waals surface area contributed by atoms with Crippen LogP contribution in [0, 0.1) is 0 Å². The van der Waals surface area contributed by atoms with E-state index in [-0.39, 0.29) is 5.69 Å². The van der Waals surface area contributed by atoms with Gasteiger partial charge in [-0.3, -0.25) is 9.59 Å². The molecular formula is C20H22ClN3O6. The lowest BCUT2D eigenvalue weighted by Crippen LogP contribution is -2.36. The minimum atomic E-state index is -1.46. The van der Waals surface area contributed by atoms with Crippen molar-refractivity contribution in [3.05, 3.63) is 36.4 Å². The van der Waals surface area contributed by atoms with Crippen LogP contribution in [0.2, 0.25) is 0 Å². The van der Waals surface area contributed by atoms with Crippen molar-refractivity contribution in [3.8, 4) is 23.0 Å². The molecule has 30 heavy (non-hydrogen) atoms.